The fourth-order valence-corrected chi connectivity index (χ4v) is 2.27. The Morgan fingerprint density at radius 2 is 2.24 bits per heavy atom. The lowest BCUT2D eigenvalue weighted by molar-refractivity contribution is 0.0264. The number of rotatable bonds is 4. The molecule has 0 bridgehead atoms. The molecule has 3 rings (SSSR count). The zero-order chi connectivity index (χ0) is 14.7. The minimum Gasteiger partial charge on any atom is -0.386 e. The van der Waals surface area contributed by atoms with Crippen molar-refractivity contribution in [2.24, 2.45) is 0 Å². The monoisotopic (exact) mass is 287 g/mol. The fourth-order valence-electron chi connectivity index (χ4n) is 2.27. The zero-order valence-corrected chi connectivity index (χ0v) is 11.5. The number of carbonyl (C=O) groups excluding carboxylic acids is 1. The molecule has 21 heavy (non-hydrogen) atoms. The lowest BCUT2D eigenvalue weighted by atomic mass is 10.0. The molecule has 0 radical (unpaired) electrons. The Bertz CT molecular complexity index is 618. The van der Waals surface area contributed by atoms with Gasteiger partial charge >= 0.3 is 0 Å². The van der Waals surface area contributed by atoms with Crippen molar-refractivity contribution in [2.45, 2.75) is 12.0 Å². The van der Waals surface area contributed by atoms with E-state index in [4.69, 9.17) is 4.74 Å². The van der Waals surface area contributed by atoms with Crippen LogP contribution >= 0.6 is 0 Å². The van der Waals surface area contributed by atoms with E-state index < -0.39 is 5.60 Å². The van der Waals surface area contributed by atoms with Crippen molar-refractivity contribution in [1.82, 2.24) is 15.5 Å². The molecule has 2 aromatic rings. The van der Waals surface area contributed by atoms with Crippen molar-refractivity contribution < 1.29 is 14.6 Å². The van der Waals surface area contributed by atoms with Crippen LogP contribution in [0.25, 0.3) is 11.3 Å². The van der Waals surface area contributed by atoms with Crippen LogP contribution in [0.2, 0.25) is 0 Å². The Morgan fingerprint density at radius 3 is 2.95 bits per heavy atom. The average molecular weight is 287 g/mol. The summed E-state index contributed by atoms with van der Waals surface area (Å²) >= 11 is 0. The molecule has 110 valence electrons. The number of amides is 1. The molecule has 0 aliphatic carbocycles. The van der Waals surface area contributed by atoms with Gasteiger partial charge in [-0.1, -0.05) is 30.3 Å². The van der Waals surface area contributed by atoms with Crippen molar-refractivity contribution in [3.05, 3.63) is 42.1 Å². The molecule has 0 saturated carbocycles. The first kappa shape index (κ1) is 13.8. The molecule has 1 saturated heterocycles. The van der Waals surface area contributed by atoms with Crippen LogP contribution in [0.1, 0.15) is 16.9 Å². The molecule has 1 aliphatic rings. The van der Waals surface area contributed by atoms with E-state index in [0.717, 1.165) is 5.56 Å². The third kappa shape index (κ3) is 3.12. The first-order valence-corrected chi connectivity index (χ1v) is 6.85. The smallest absolute Gasteiger partial charge is 0.269 e. The molecule has 6 heteroatoms. The quantitative estimate of drug-likeness (QED) is 0.781. The van der Waals surface area contributed by atoms with Crippen molar-refractivity contribution >= 4 is 5.91 Å². The topological polar surface area (TPSA) is 87.2 Å². The largest absolute Gasteiger partial charge is 0.386 e. The number of aliphatic hydroxyl groups is 1. The van der Waals surface area contributed by atoms with Crippen molar-refractivity contribution in [2.75, 3.05) is 19.8 Å². The number of ether oxygens (including phenoxy) is 1. The first-order chi connectivity index (χ1) is 10.2. The number of hydrogen-bond acceptors (Lipinski definition) is 4. The van der Waals surface area contributed by atoms with Gasteiger partial charge in [-0.25, -0.2) is 0 Å². The second-order valence-corrected chi connectivity index (χ2v) is 5.24. The van der Waals surface area contributed by atoms with E-state index >= 15 is 0 Å². The molecule has 1 aliphatic heterocycles. The normalized spacial score (nSPS) is 21.4. The SMILES string of the molecule is O=C(NCC1(O)CCOC1)c1cc(-c2ccccc2)n[nH]1. The highest BCUT2D eigenvalue weighted by Crippen LogP contribution is 2.18. The van der Waals surface area contributed by atoms with Gasteiger partial charge in [-0.3, -0.25) is 9.89 Å². The van der Waals surface area contributed by atoms with Crippen LogP contribution < -0.4 is 5.32 Å². The van der Waals surface area contributed by atoms with Crippen molar-refractivity contribution in [1.29, 1.82) is 0 Å². The Labute approximate surface area is 122 Å². The standard InChI is InChI=1S/C15H17N3O3/c19-14(16-9-15(20)6-7-21-10-15)13-8-12(17-18-13)11-4-2-1-3-5-11/h1-5,8,20H,6-7,9-10H2,(H,16,19)(H,17,18). The van der Waals surface area contributed by atoms with Crippen LogP contribution in [0.5, 0.6) is 0 Å². The number of aromatic nitrogens is 2. The van der Waals surface area contributed by atoms with Gasteiger partial charge in [-0.15, -0.1) is 0 Å². The molecular weight excluding hydrogens is 270 g/mol. The number of H-pyrrole nitrogens is 1. The molecule has 1 fully saturated rings. The highest BCUT2D eigenvalue weighted by atomic mass is 16.5. The second kappa shape index (κ2) is 5.67. The van der Waals surface area contributed by atoms with E-state index in [-0.39, 0.29) is 19.1 Å². The van der Waals surface area contributed by atoms with E-state index in [1.807, 2.05) is 30.3 Å². The van der Waals surface area contributed by atoms with Crippen LogP contribution in [0.4, 0.5) is 0 Å². The van der Waals surface area contributed by atoms with Gasteiger partial charge in [0, 0.05) is 25.1 Å². The van der Waals surface area contributed by atoms with Gasteiger partial charge in [0.25, 0.3) is 5.91 Å². The van der Waals surface area contributed by atoms with Crippen molar-refractivity contribution in [3.8, 4) is 11.3 Å². The minimum atomic E-state index is -0.960. The van der Waals surface area contributed by atoms with Gasteiger partial charge in [0.05, 0.1) is 12.3 Å². The third-order valence-corrected chi connectivity index (χ3v) is 3.55. The summed E-state index contributed by atoms with van der Waals surface area (Å²) in [6, 6.07) is 11.3. The van der Waals surface area contributed by atoms with Gasteiger partial charge in [0.2, 0.25) is 0 Å². The van der Waals surface area contributed by atoms with Crippen molar-refractivity contribution in [3.63, 3.8) is 0 Å². The van der Waals surface area contributed by atoms with E-state index in [9.17, 15) is 9.90 Å². The first-order valence-electron chi connectivity index (χ1n) is 6.85. The molecule has 1 unspecified atom stereocenters. The summed E-state index contributed by atoms with van der Waals surface area (Å²) in [4.78, 5) is 12.1. The van der Waals surface area contributed by atoms with E-state index in [1.165, 1.54) is 0 Å². The Morgan fingerprint density at radius 1 is 1.43 bits per heavy atom. The third-order valence-electron chi connectivity index (χ3n) is 3.55. The number of benzene rings is 1. The maximum Gasteiger partial charge on any atom is 0.269 e. The molecule has 1 atom stereocenters. The summed E-state index contributed by atoms with van der Waals surface area (Å²) < 4.78 is 5.14. The van der Waals surface area contributed by atoms with E-state index in [0.29, 0.717) is 24.4 Å². The van der Waals surface area contributed by atoms with Gasteiger partial charge in [0.15, 0.2) is 0 Å². The number of carbonyl (C=O) groups is 1. The fraction of sp³-hybridized carbons (Fsp3) is 0.333. The van der Waals surface area contributed by atoms with Crippen LogP contribution in [0.3, 0.4) is 0 Å². The maximum absolute atomic E-state index is 12.1. The highest BCUT2D eigenvalue weighted by Gasteiger charge is 2.32. The summed E-state index contributed by atoms with van der Waals surface area (Å²) in [6.45, 7) is 0.950. The number of nitrogens with zero attached hydrogens (tertiary/aromatic N) is 1. The molecule has 3 N–H and O–H groups in total. The predicted molar refractivity (Wildman–Crippen MR) is 76.7 cm³/mol. The van der Waals surface area contributed by atoms with Gasteiger partial charge < -0.3 is 15.2 Å². The molecule has 0 spiro atoms. The number of hydrogen-bond donors (Lipinski definition) is 3. The average Bonchev–Trinajstić information content (AvgIpc) is 3.16. The number of aromatic amines is 1. The zero-order valence-electron chi connectivity index (χ0n) is 11.5. The van der Waals surface area contributed by atoms with Gasteiger partial charge in [-0.05, 0) is 6.07 Å². The Balaban J connectivity index is 1.64. The lowest BCUT2D eigenvalue weighted by Gasteiger charge is -2.20. The highest BCUT2D eigenvalue weighted by molar-refractivity contribution is 5.93. The maximum atomic E-state index is 12.1. The molecule has 1 amide bonds. The van der Waals surface area contributed by atoms with Gasteiger partial charge in [-0.2, -0.15) is 5.10 Å². The second-order valence-electron chi connectivity index (χ2n) is 5.24. The van der Waals surface area contributed by atoms with Crippen LogP contribution in [-0.2, 0) is 4.74 Å². The van der Waals surface area contributed by atoms with Crippen LogP contribution in [0, 0.1) is 0 Å². The summed E-state index contributed by atoms with van der Waals surface area (Å²) in [5.41, 5.74) is 1.06. The summed E-state index contributed by atoms with van der Waals surface area (Å²) in [5.74, 6) is -0.287. The molecule has 1 aromatic carbocycles. The Kier molecular flexibility index (Phi) is 3.72. The minimum absolute atomic E-state index is 0.172. The van der Waals surface area contributed by atoms with Crippen LogP contribution in [0.15, 0.2) is 36.4 Å². The predicted octanol–water partition coefficient (Wildman–Crippen LogP) is 0.958. The summed E-state index contributed by atoms with van der Waals surface area (Å²) in [5, 5.41) is 19.7. The van der Waals surface area contributed by atoms with E-state index in [1.54, 1.807) is 6.07 Å². The van der Waals surface area contributed by atoms with E-state index in [2.05, 4.69) is 15.5 Å². The molecule has 1 aromatic heterocycles. The van der Waals surface area contributed by atoms with Gasteiger partial charge in [0.1, 0.15) is 11.3 Å². The summed E-state index contributed by atoms with van der Waals surface area (Å²) in [6.07, 6.45) is 0.533. The molecule has 6 nitrogen and oxygen atoms in total. The summed E-state index contributed by atoms with van der Waals surface area (Å²) in [7, 11) is 0. The Hall–Kier alpha value is -2.18. The van der Waals surface area contributed by atoms with Crippen LogP contribution in [-0.4, -0.2) is 46.6 Å². The number of nitrogens with one attached hydrogen (secondary N) is 2. The lowest BCUT2D eigenvalue weighted by Crippen LogP contribution is -2.43. The molecule has 2 heterocycles. The molecular formula is C15H17N3O3.